The molecule has 1 heterocycles. The number of para-hydroxylation sites is 1. The Labute approximate surface area is 267 Å². The molecule has 0 N–H and O–H groups in total. The van der Waals surface area contributed by atoms with E-state index in [0.29, 0.717) is 11.0 Å². The highest BCUT2D eigenvalue weighted by molar-refractivity contribution is 6.24. The minimum Gasteiger partial charge on any atom is -0.455 e. The van der Waals surface area contributed by atoms with Gasteiger partial charge in [-0.05, 0) is 72.8 Å². The molecule has 200 valence electrons. The second-order valence-corrected chi connectivity index (χ2v) is 10.3. The lowest BCUT2D eigenvalue weighted by atomic mass is 9.85. The van der Waals surface area contributed by atoms with Crippen LogP contribution in [0.15, 0.2) is 162 Å². The summed E-state index contributed by atoms with van der Waals surface area (Å²) in [6.07, 6.45) is 0. The molecular formula is C42H26O. The topological polar surface area (TPSA) is 13.1 Å². The second kappa shape index (κ2) is 9.44. The summed E-state index contributed by atoms with van der Waals surface area (Å²) in [6.45, 7) is 0. The molecule has 0 saturated carbocycles. The van der Waals surface area contributed by atoms with Crippen LogP contribution in [0.5, 0.6) is 0 Å². The van der Waals surface area contributed by atoms with Crippen LogP contribution >= 0.6 is 0 Å². The van der Waals surface area contributed by atoms with Crippen LogP contribution in [0.3, 0.4) is 0 Å². The number of hydrogen-bond acceptors (Lipinski definition) is 1. The number of furan rings is 1. The van der Waals surface area contributed by atoms with E-state index in [2.05, 4.69) is 6.07 Å². The van der Waals surface area contributed by atoms with Crippen LogP contribution in [0.1, 0.15) is 17.8 Å². The zero-order valence-corrected chi connectivity index (χ0v) is 22.4. The van der Waals surface area contributed by atoms with E-state index in [1.165, 1.54) is 0 Å². The average molecular weight is 560 g/mol. The van der Waals surface area contributed by atoms with E-state index in [1.54, 1.807) is 12.1 Å². The Hall–Kier alpha value is -5.66. The maximum atomic E-state index is 9.28. The lowest BCUT2D eigenvalue weighted by Gasteiger charge is -2.17. The van der Waals surface area contributed by atoms with E-state index in [9.17, 15) is 5.48 Å². The lowest BCUT2D eigenvalue weighted by Crippen LogP contribution is -1.90. The second-order valence-electron chi connectivity index (χ2n) is 10.3. The van der Waals surface area contributed by atoms with Crippen molar-refractivity contribution >= 4 is 54.3 Å². The van der Waals surface area contributed by atoms with Crippen LogP contribution in [0.4, 0.5) is 0 Å². The van der Waals surface area contributed by atoms with Crippen molar-refractivity contribution in [1.29, 1.82) is 0 Å². The molecule has 9 rings (SSSR count). The normalized spacial score (nSPS) is 16.0. The molecule has 0 radical (unpaired) electrons. The van der Waals surface area contributed by atoms with Gasteiger partial charge in [0.05, 0.1) is 17.8 Å². The fourth-order valence-corrected chi connectivity index (χ4v) is 6.06. The molecule has 0 aliphatic heterocycles. The van der Waals surface area contributed by atoms with Crippen LogP contribution in [0.2, 0.25) is 0 Å². The van der Waals surface area contributed by atoms with E-state index >= 15 is 0 Å². The zero-order valence-electron chi connectivity index (χ0n) is 35.4. The summed E-state index contributed by atoms with van der Waals surface area (Å²) in [4.78, 5) is 0. The summed E-state index contributed by atoms with van der Waals surface area (Å²) < 4.78 is 121. The highest BCUT2D eigenvalue weighted by atomic mass is 16.3. The Morgan fingerprint density at radius 3 is 1.79 bits per heavy atom. The van der Waals surface area contributed by atoms with Crippen molar-refractivity contribution in [3.63, 3.8) is 0 Å². The molecule has 0 bridgehead atoms. The summed E-state index contributed by atoms with van der Waals surface area (Å²) in [6, 6.07) is 16.7. The molecule has 0 amide bonds. The van der Waals surface area contributed by atoms with Gasteiger partial charge in [-0.1, -0.05) is 139 Å². The van der Waals surface area contributed by atoms with Crippen molar-refractivity contribution in [3.8, 4) is 33.4 Å². The molecule has 0 unspecified atom stereocenters. The van der Waals surface area contributed by atoms with Gasteiger partial charge < -0.3 is 4.42 Å². The molecule has 1 nitrogen and oxygen atoms in total. The molecule has 0 aliphatic carbocycles. The molecule has 0 saturated heterocycles. The van der Waals surface area contributed by atoms with Crippen LogP contribution in [0, 0.1) is 0 Å². The first-order chi connectivity index (χ1) is 26.7. The molecule has 0 aliphatic rings. The van der Waals surface area contributed by atoms with Crippen molar-refractivity contribution in [2.75, 3.05) is 0 Å². The number of hydrogen-bond donors (Lipinski definition) is 0. The predicted octanol–water partition coefficient (Wildman–Crippen LogP) is 12.0. The molecule has 0 spiro atoms. The van der Waals surface area contributed by atoms with Gasteiger partial charge in [0.2, 0.25) is 0 Å². The summed E-state index contributed by atoms with van der Waals surface area (Å²) in [5, 5.41) is 2.67. The van der Waals surface area contributed by atoms with Gasteiger partial charge in [-0.15, -0.1) is 0 Å². The van der Waals surface area contributed by atoms with Crippen LogP contribution in [-0.4, -0.2) is 0 Å². The summed E-state index contributed by atoms with van der Waals surface area (Å²) >= 11 is 0. The molecule has 1 heteroatoms. The third kappa shape index (κ3) is 3.72. The Bertz CT molecular complexity index is 3130. The van der Waals surface area contributed by atoms with Gasteiger partial charge in [-0.2, -0.15) is 0 Å². The fourth-order valence-electron chi connectivity index (χ4n) is 6.06. The van der Waals surface area contributed by atoms with Crippen LogP contribution in [-0.2, 0) is 0 Å². The summed E-state index contributed by atoms with van der Waals surface area (Å²) in [5.41, 5.74) is 2.13. The van der Waals surface area contributed by atoms with Gasteiger partial charge in [0.25, 0.3) is 0 Å². The third-order valence-electron chi connectivity index (χ3n) is 7.98. The Balaban J connectivity index is 1.47. The monoisotopic (exact) mass is 559 g/mol. The maximum absolute atomic E-state index is 9.28. The first-order valence-corrected chi connectivity index (χ1v) is 13.7. The van der Waals surface area contributed by atoms with E-state index in [-0.39, 0.29) is 43.8 Å². The molecule has 1 aromatic heterocycles. The van der Waals surface area contributed by atoms with E-state index < -0.39 is 84.1 Å². The third-order valence-corrected chi connectivity index (χ3v) is 7.98. The van der Waals surface area contributed by atoms with Gasteiger partial charge in [0.1, 0.15) is 11.2 Å². The van der Waals surface area contributed by atoms with Crippen LogP contribution < -0.4 is 0 Å². The van der Waals surface area contributed by atoms with Gasteiger partial charge in [0, 0.05) is 21.9 Å². The Morgan fingerprint density at radius 1 is 0.419 bits per heavy atom. The minimum absolute atomic E-state index is 0.0181. The number of benzene rings is 8. The molecule has 0 atom stereocenters. The van der Waals surface area contributed by atoms with E-state index in [0.717, 1.165) is 27.3 Å². The largest absolute Gasteiger partial charge is 0.455 e. The summed E-state index contributed by atoms with van der Waals surface area (Å²) in [7, 11) is 0. The van der Waals surface area contributed by atoms with Gasteiger partial charge in [0.15, 0.2) is 0 Å². The Morgan fingerprint density at radius 2 is 1.05 bits per heavy atom. The highest BCUT2D eigenvalue weighted by Crippen LogP contribution is 2.46. The van der Waals surface area contributed by atoms with Crippen LogP contribution in [0.25, 0.3) is 87.6 Å². The van der Waals surface area contributed by atoms with Gasteiger partial charge in [-0.25, -0.2) is 0 Å². The number of fused-ring (bicyclic) bond motifs is 6. The van der Waals surface area contributed by atoms with Crippen molar-refractivity contribution in [2.45, 2.75) is 0 Å². The smallest absolute Gasteiger partial charge is 0.143 e. The van der Waals surface area contributed by atoms with Crippen molar-refractivity contribution in [1.82, 2.24) is 0 Å². The van der Waals surface area contributed by atoms with E-state index in [1.807, 2.05) is 60.7 Å². The summed E-state index contributed by atoms with van der Waals surface area (Å²) in [5.74, 6) is 0. The standard InChI is InChI=1S/C42H26O/c1-2-12-28(13-3-1)40-33-15-6-8-17-35(33)41(36-18-9-7-16-34(36)40)38-20-10-19-37-32-24-23-31(26-39(32)43-42(37)38)30-22-21-27-11-4-5-14-29(27)25-30/h1-26H/i1D,2D,3D,6D,7D,8D,9D,12D,13D,15D,16D,17D,18D. The van der Waals surface area contributed by atoms with Crippen molar-refractivity contribution in [3.05, 3.63) is 157 Å². The first kappa shape index (κ1) is 14.5. The Kier molecular flexibility index (Phi) is 3.18. The average Bonchev–Trinajstić information content (AvgIpc) is 3.59. The first-order valence-electron chi connectivity index (χ1n) is 20.2. The minimum atomic E-state index is -0.719. The zero-order chi connectivity index (χ0) is 39.6. The molecular weight excluding hydrogens is 520 g/mol. The van der Waals surface area contributed by atoms with Gasteiger partial charge >= 0.3 is 0 Å². The van der Waals surface area contributed by atoms with Crippen molar-refractivity contribution in [2.24, 2.45) is 0 Å². The maximum Gasteiger partial charge on any atom is 0.143 e. The SMILES string of the molecule is [2H]c1c([2H])c([2H])c(-c2c3c([2H])c([2H])c([2H])c([2H])c3c(-c3cccc4c3oc3cc(-c5ccc6ccccc6c5)ccc34)c3c([2H])c([2H])c([2H])c([2H])c23)c([2H])c1[2H]. The molecule has 0 fully saturated rings. The molecule has 9 aromatic rings. The number of rotatable bonds is 3. The highest BCUT2D eigenvalue weighted by Gasteiger charge is 2.20. The van der Waals surface area contributed by atoms with Gasteiger partial charge in [-0.3, -0.25) is 0 Å². The molecule has 8 aromatic carbocycles. The van der Waals surface area contributed by atoms with Crippen molar-refractivity contribution < 1.29 is 22.2 Å². The lowest BCUT2D eigenvalue weighted by molar-refractivity contribution is 0.670. The quantitative estimate of drug-likeness (QED) is 0.196. The fraction of sp³-hybridized carbons (Fsp3) is 0. The molecule has 43 heavy (non-hydrogen) atoms. The van der Waals surface area contributed by atoms with E-state index in [4.69, 9.17) is 16.8 Å². The predicted molar refractivity (Wildman–Crippen MR) is 183 cm³/mol.